The van der Waals surface area contributed by atoms with Crippen LogP contribution in [0, 0.1) is 16.7 Å². The molecule has 1 aliphatic heterocycles. The number of allylic oxidation sites excluding steroid dienone is 1. The third-order valence-corrected chi connectivity index (χ3v) is 5.62. The average Bonchev–Trinajstić information content (AvgIpc) is 3.21. The normalized spacial score (nSPS) is 25.2. The first-order valence-corrected chi connectivity index (χ1v) is 9.24. The van der Waals surface area contributed by atoms with E-state index in [1.54, 1.807) is 0 Å². The molecule has 0 aromatic heterocycles. The minimum atomic E-state index is 0.406. The Morgan fingerprint density at radius 3 is 2.48 bits per heavy atom. The number of hydrogen-bond donors (Lipinski definition) is 2. The van der Waals surface area contributed by atoms with E-state index < -0.39 is 0 Å². The van der Waals surface area contributed by atoms with E-state index >= 15 is 0 Å². The van der Waals surface area contributed by atoms with Crippen LogP contribution in [0.25, 0.3) is 0 Å². The third kappa shape index (κ3) is 4.39. The van der Waals surface area contributed by atoms with Gasteiger partial charge in [0.05, 0.1) is 0 Å². The van der Waals surface area contributed by atoms with Crippen molar-refractivity contribution in [1.29, 1.82) is 5.41 Å². The molecule has 2 N–H and O–H groups in total. The van der Waals surface area contributed by atoms with Gasteiger partial charge in [0.2, 0.25) is 0 Å². The predicted molar refractivity (Wildman–Crippen MR) is 99.7 cm³/mol. The van der Waals surface area contributed by atoms with Crippen LogP contribution in [0.3, 0.4) is 0 Å². The first-order chi connectivity index (χ1) is 10.7. The van der Waals surface area contributed by atoms with Crippen LogP contribution in [-0.4, -0.2) is 29.4 Å². The number of nitrogens with one attached hydrogen (secondary N) is 2. The second-order valence-corrected chi connectivity index (χ2v) is 8.28. The molecule has 2 atom stereocenters. The molecule has 0 radical (unpaired) electrons. The van der Waals surface area contributed by atoms with E-state index in [4.69, 9.17) is 5.41 Å². The SMILES string of the molecule is C=C(C)/C(=C/C(=N)N1CCCCC1C)NC(C(C)C)C1(C)CC1. The van der Waals surface area contributed by atoms with Gasteiger partial charge in [-0.2, -0.15) is 0 Å². The van der Waals surface area contributed by atoms with E-state index in [1.807, 2.05) is 13.0 Å². The van der Waals surface area contributed by atoms with Crippen LogP contribution >= 0.6 is 0 Å². The third-order valence-electron chi connectivity index (χ3n) is 5.62. The molecule has 0 amide bonds. The predicted octanol–water partition coefficient (Wildman–Crippen LogP) is 4.71. The molecule has 0 aromatic rings. The zero-order valence-electron chi connectivity index (χ0n) is 15.7. The van der Waals surface area contributed by atoms with Gasteiger partial charge in [-0.15, -0.1) is 0 Å². The highest BCUT2D eigenvalue weighted by molar-refractivity contribution is 5.91. The molecular weight excluding hydrogens is 282 g/mol. The summed E-state index contributed by atoms with van der Waals surface area (Å²) < 4.78 is 0. The van der Waals surface area contributed by atoms with Gasteiger partial charge in [-0.1, -0.05) is 27.4 Å². The van der Waals surface area contributed by atoms with Crippen LogP contribution in [0.4, 0.5) is 0 Å². The maximum atomic E-state index is 8.53. The molecular formula is C20H35N3. The van der Waals surface area contributed by atoms with Crippen molar-refractivity contribution in [3.05, 3.63) is 23.9 Å². The minimum absolute atomic E-state index is 0.406. The van der Waals surface area contributed by atoms with E-state index in [0.717, 1.165) is 17.8 Å². The molecule has 2 fully saturated rings. The van der Waals surface area contributed by atoms with E-state index in [1.165, 1.54) is 32.1 Å². The van der Waals surface area contributed by atoms with Gasteiger partial charge in [-0.05, 0) is 62.9 Å². The highest BCUT2D eigenvalue weighted by Crippen LogP contribution is 2.50. The molecule has 3 nitrogen and oxygen atoms in total. The molecule has 130 valence electrons. The summed E-state index contributed by atoms with van der Waals surface area (Å²) in [6.07, 6.45) is 8.28. The van der Waals surface area contributed by atoms with Crippen molar-refractivity contribution in [3.63, 3.8) is 0 Å². The molecule has 3 heteroatoms. The van der Waals surface area contributed by atoms with Crippen LogP contribution in [0.2, 0.25) is 0 Å². The smallest absolute Gasteiger partial charge is 0.122 e. The number of likely N-dealkylation sites (tertiary alicyclic amines) is 1. The van der Waals surface area contributed by atoms with Gasteiger partial charge in [0.25, 0.3) is 0 Å². The minimum Gasteiger partial charge on any atom is -0.381 e. The molecule has 23 heavy (non-hydrogen) atoms. The largest absolute Gasteiger partial charge is 0.381 e. The summed E-state index contributed by atoms with van der Waals surface area (Å²) in [5, 5.41) is 12.3. The lowest BCUT2D eigenvalue weighted by Crippen LogP contribution is -2.43. The number of amidine groups is 1. The number of piperidine rings is 1. The van der Waals surface area contributed by atoms with Gasteiger partial charge in [-0.3, -0.25) is 5.41 Å². The van der Waals surface area contributed by atoms with Gasteiger partial charge >= 0.3 is 0 Å². The molecule has 1 heterocycles. The van der Waals surface area contributed by atoms with Gasteiger partial charge in [0.1, 0.15) is 5.84 Å². The van der Waals surface area contributed by atoms with Crippen LogP contribution in [0.1, 0.15) is 66.7 Å². The number of nitrogens with zero attached hydrogens (tertiary/aromatic N) is 1. The van der Waals surface area contributed by atoms with Crippen molar-refractivity contribution in [1.82, 2.24) is 10.2 Å². The Morgan fingerprint density at radius 1 is 1.35 bits per heavy atom. The molecule has 2 aliphatic rings. The monoisotopic (exact) mass is 317 g/mol. The summed E-state index contributed by atoms with van der Waals surface area (Å²) in [5.41, 5.74) is 2.47. The van der Waals surface area contributed by atoms with Crippen molar-refractivity contribution >= 4 is 5.84 Å². The molecule has 1 saturated heterocycles. The maximum Gasteiger partial charge on any atom is 0.122 e. The second-order valence-electron chi connectivity index (χ2n) is 8.28. The fraction of sp³-hybridized carbons (Fsp3) is 0.750. The van der Waals surface area contributed by atoms with Gasteiger partial charge in [0.15, 0.2) is 0 Å². The quantitative estimate of drug-likeness (QED) is 0.423. The highest BCUT2D eigenvalue weighted by Gasteiger charge is 2.46. The summed E-state index contributed by atoms with van der Waals surface area (Å²) in [7, 11) is 0. The van der Waals surface area contributed by atoms with Gasteiger partial charge < -0.3 is 10.2 Å². The van der Waals surface area contributed by atoms with Gasteiger partial charge in [-0.25, -0.2) is 0 Å². The lowest BCUT2D eigenvalue weighted by molar-refractivity contribution is 0.258. The number of hydrogen-bond acceptors (Lipinski definition) is 2. The Morgan fingerprint density at radius 2 is 2.00 bits per heavy atom. The summed E-state index contributed by atoms with van der Waals surface area (Å²) in [6, 6.07) is 0.928. The van der Waals surface area contributed by atoms with E-state index in [2.05, 4.69) is 44.5 Å². The van der Waals surface area contributed by atoms with Crippen LogP contribution in [-0.2, 0) is 0 Å². The zero-order valence-corrected chi connectivity index (χ0v) is 15.7. The van der Waals surface area contributed by atoms with Crippen molar-refractivity contribution in [2.75, 3.05) is 6.54 Å². The molecule has 1 aliphatic carbocycles. The first-order valence-electron chi connectivity index (χ1n) is 9.24. The van der Waals surface area contributed by atoms with E-state index in [0.29, 0.717) is 29.3 Å². The van der Waals surface area contributed by atoms with Crippen molar-refractivity contribution in [2.24, 2.45) is 11.3 Å². The average molecular weight is 318 g/mol. The lowest BCUT2D eigenvalue weighted by atomic mass is 9.88. The summed E-state index contributed by atoms with van der Waals surface area (Å²) in [4.78, 5) is 2.23. The van der Waals surface area contributed by atoms with Gasteiger partial charge in [0, 0.05) is 30.4 Å². The molecule has 2 rings (SSSR count). The molecule has 0 spiro atoms. The first kappa shape index (κ1) is 18.1. The summed E-state index contributed by atoms with van der Waals surface area (Å²) in [6.45, 7) is 16.4. The maximum absolute atomic E-state index is 8.53. The topological polar surface area (TPSA) is 39.1 Å². The molecule has 0 bridgehead atoms. The lowest BCUT2D eigenvalue weighted by Gasteiger charge is -2.35. The second kappa shape index (κ2) is 7.11. The van der Waals surface area contributed by atoms with E-state index in [-0.39, 0.29) is 0 Å². The Bertz CT molecular complexity index is 485. The standard InChI is InChI=1S/C20H35N3/c1-14(2)17(22-19(15(3)4)20(6)10-11-20)13-18(21)23-12-8-7-9-16(23)5/h13,15-16,19,21-22H,1,7-12H2,2-6H3/b17-13-,21-18?. The fourth-order valence-electron chi connectivity index (χ4n) is 3.79. The summed E-state index contributed by atoms with van der Waals surface area (Å²) in [5.74, 6) is 1.21. The van der Waals surface area contributed by atoms with Crippen molar-refractivity contribution < 1.29 is 0 Å². The van der Waals surface area contributed by atoms with Crippen LogP contribution < -0.4 is 5.32 Å². The Labute approximate surface area is 142 Å². The van der Waals surface area contributed by atoms with Crippen LogP contribution in [0.5, 0.6) is 0 Å². The Hall–Kier alpha value is -1.25. The molecule has 2 unspecified atom stereocenters. The van der Waals surface area contributed by atoms with E-state index in [9.17, 15) is 0 Å². The molecule has 0 aromatic carbocycles. The van der Waals surface area contributed by atoms with Crippen molar-refractivity contribution in [2.45, 2.75) is 78.8 Å². The highest BCUT2D eigenvalue weighted by atomic mass is 15.2. The summed E-state index contributed by atoms with van der Waals surface area (Å²) >= 11 is 0. The Kier molecular flexibility index (Phi) is 5.59. The zero-order chi connectivity index (χ0) is 17.2. The van der Waals surface area contributed by atoms with Crippen molar-refractivity contribution in [3.8, 4) is 0 Å². The number of rotatable bonds is 6. The fourth-order valence-corrected chi connectivity index (χ4v) is 3.79. The van der Waals surface area contributed by atoms with Crippen LogP contribution in [0.15, 0.2) is 23.9 Å². The Balaban J connectivity index is 2.13. The molecule has 1 saturated carbocycles.